The number of ether oxygens (including phenoxy) is 1. The van der Waals surface area contributed by atoms with Gasteiger partial charge in [0.15, 0.2) is 0 Å². The zero-order chi connectivity index (χ0) is 29.7. The lowest BCUT2D eigenvalue weighted by Crippen LogP contribution is -2.60. The molecule has 9 rings (SSSR count). The van der Waals surface area contributed by atoms with Gasteiger partial charge >= 0.3 is 0 Å². The van der Waals surface area contributed by atoms with E-state index in [4.69, 9.17) is 4.74 Å². The second-order valence-corrected chi connectivity index (χ2v) is 12.5. The molecular weight excluding hydrogens is 535 g/mol. The van der Waals surface area contributed by atoms with Gasteiger partial charge in [-0.25, -0.2) is 0 Å². The smallest absolute Gasteiger partial charge is 0.256 e. The molecule has 0 N–H and O–H groups in total. The van der Waals surface area contributed by atoms with E-state index in [1.165, 1.54) is 77.5 Å². The molecule has 1 aromatic heterocycles. The summed E-state index contributed by atoms with van der Waals surface area (Å²) in [5.41, 5.74) is 15.9. The van der Waals surface area contributed by atoms with E-state index in [0.29, 0.717) is 0 Å². The summed E-state index contributed by atoms with van der Waals surface area (Å²) in [4.78, 5) is 2.49. The Kier molecular flexibility index (Phi) is 5.26. The van der Waals surface area contributed by atoms with Gasteiger partial charge in [0.2, 0.25) is 0 Å². The maximum absolute atomic E-state index is 6.86. The van der Waals surface area contributed by atoms with Crippen molar-refractivity contribution < 1.29 is 4.74 Å². The summed E-state index contributed by atoms with van der Waals surface area (Å²) in [6, 6.07) is 42.2. The van der Waals surface area contributed by atoms with E-state index in [1.54, 1.807) is 0 Å². The first-order chi connectivity index (χ1) is 21.5. The van der Waals surface area contributed by atoms with Crippen LogP contribution in [0.4, 0.5) is 17.1 Å². The van der Waals surface area contributed by atoms with Crippen LogP contribution in [-0.2, 0) is 0 Å². The lowest BCUT2D eigenvalue weighted by atomic mass is 9.33. The molecule has 0 radical (unpaired) electrons. The Labute approximate surface area is 258 Å². The van der Waals surface area contributed by atoms with Crippen LogP contribution in [0.15, 0.2) is 115 Å². The van der Waals surface area contributed by atoms with Crippen molar-refractivity contribution in [3.63, 3.8) is 0 Å². The van der Waals surface area contributed by atoms with Crippen LogP contribution >= 0.6 is 0 Å². The second-order valence-electron chi connectivity index (χ2n) is 12.5. The van der Waals surface area contributed by atoms with E-state index < -0.39 is 0 Å². The zero-order valence-electron chi connectivity index (χ0n) is 25.3. The number of nitrogens with zero attached hydrogens (tertiary/aromatic N) is 2. The van der Waals surface area contributed by atoms with Crippen molar-refractivity contribution in [3.05, 3.63) is 138 Å². The van der Waals surface area contributed by atoms with E-state index in [2.05, 4.69) is 152 Å². The summed E-state index contributed by atoms with van der Waals surface area (Å²) in [7, 11) is 0. The third-order valence-corrected chi connectivity index (χ3v) is 9.43. The summed E-state index contributed by atoms with van der Waals surface area (Å²) in [5, 5.41) is 2.50. The van der Waals surface area contributed by atoms with Gasteiger partial charge in [0.1, 0.15) is 11.5 Å². The molecule has 0 aliphatic carbocycles. The highest BCUT2D eigenvalue weighted by molar-refractivity contribution is 6.99. The molecule has 2 aliphatic heterocycles. The maximum atomic E-state index is 6.86. The van der Waals surface area contributed by atoms with Crippen molar-refractivity contribution in [2.45, 2.75) is 27.7 Å². The molecule has 0 spiro atoms. The van der Waals surface area contributed by atoms with Crippen LogP contribution in [0.5, 0.6) is 11.5 Å². The normalized spacial score (nSPS) is 13.1. The topological polar surface area (TPSA) is 17.4 Å². The molecule has 6 aromatic carbocycles. The molecule has 2 aliphatic rings. The predicted octanol–water partition coefficient (Wildman–Crippen LogP) is 8.42. The average Bonchev–Trinajstić information content (AvgIpc) is 3.34. The van der Waals surface area contributed by atoms with E-state index >= 15 is 0 Å². The van der Waals surface area contributed by atoms with E-state index in [-0.39, 0.29) is 6.71 Å². The van der Waals surface area contributed by atoms with E-state index in [0.717, 1.165) is 17.2 Å². The van der Waals surface area contributed by atoms with Crippen molar-refractivity contribution in [2.75, 3.05) is 4.90 Å². The van der Waals surface area contributed by atoms with Crippen LogP contribution in [-0.4, -0.2) is 11.3 Å². The van der Waals surface area contributed by atoms with Crippen molar-refractivity contribution in [1.29, 1.82) is 0 Å². The molecule has 7 aromatic rings. The Morgan fingerprint density at radius 3 is 1.86 bits per heavy atom. The van der Waals surface area contributed by atoms with Crippen LogP contribution in [0.3, 0.4) is 0 Å². The van der Waals surface area contributed by atoms with Crippen LogP contribution in [0.25, 0.3) is 27.5 Å². The number of anilines is 3. The quantitative estimate of drug-likeness (QED) is 0.196. The third-order valence-electron chi connectivity index (χ3n) is 9.43. The Bertz CT molecular complexity index is 2260. The highest BCUT2D eigenvalue weighted by Gasteiger charge is 2.43. The number of aromatic nitrogens is 1. The molecule has 0 saturated heterocycles. The zero-order valence-corrected chi connectivity index (χ0v) is 25.3. The molecule has 3 nitrogen and oxygen atoms in total. The summed E-state index contributed by atoms with van der Waals surface area (Å²) in [6.45, 7) is 8.93. The SMILES string of the molecule is Cc1cc(C)cc(N2c3cc(C)cc(C)c3B3c4ccccc4Oc4cc(-n5c6ccccc6c6ccccc65)cc2c43)c1. The number of hydrogen-bond donors (Lipinski definition) is 0. The van der Waals surface area contributed by atoms with Crippen molar-refractivity contribution >= 4 is 62.0 Å². The first kappa shape index (κ1) is 25.3. The molecule has 3 heterocycles. The van der Waals surface area contributed by atoms with Gasteiger partial charge in [-0.3, -0.25) is 0 Å². The van der Waals surface area contributed by atoms with E-state index in [1.807, 2.05) is 0 Å². The monoisotopic (exact) mass is 566 g/mol. The molecule has 0 amide bonds. The van der Waals surface area contributed by atoms with Crippen LogP contribution in [0.2, 0.25) is 0 Å². The number of para-hydroxylation sites is 3. The predicted molar refractivity (Wildman–Crippen MR) is 186 cm³/mol. The first-order valence-corrected chi connectivity index (χ1v) is 15.4. The largest absolute Gasteiger partial charge is 0.458 e. The van der Waals surface area contributed by atoms with Crippen LogP contribution in [0.1, 0.15) is 22.3 Å². The minimum Gasteiger partial charge on any atom is -0.458 e. The molecule has 0 unspecified atom stereocenters. The Hall–Kier alpha value is -5.22. The molecule has 0 saturated carbocycles. The highest BCUT2D eigenvalue weighted by Crippen LogP contribution is 2.44. The lowest BCUT2D eigenvalue weighted by Gasteiger charge is -2.41. The fourth-order valence-corrected chi connectivity index (χ4v) is 7.88. The fourth-order valence-electron chi connectivity index (χ4n) is 7.88. The number of fused-ring (bicyclic) bond motifs is 7. The number of rotatable bonds is 2. The van der Waals surface area contributed by atoms with Gasteiger partial charge in [-0.1, -0.05) is 72.3 Å². The lowest BCUT2D eigenvalue weighted by molar-refractivity contribution is 0.487. The Balaban J connectivity index is 1.43. The molecular formula is C40H31BN2O. The number of benzene rings is 6. The summed E-state index contributed by atoms with van der Waals surface area (Å²) < 4.78 is 9.26. The number of aryl methyl sites for hydroxylation is 4. The number of hydrogen-bond acceptors (Lipinski definition) is 2. The van der Waals surface area contributed by atoms with Gasteiger partial charge in [0.05, 0.1) is 16.7 Å². The van der Waals surface area contributed by atoms with Gasteiger partial charge in [-0.2, -0.15) is 0 Å². The van der Waals surface area contributed by atoms with Crippen LogP contribution < -0.4 is 26.0 Å². The molecule has 0 atom stereocenters. The maximum Gasteiger partial charge on any atom is 0.256 e. The Morgan fingerprint density at radius 2 is 1.14 bits per heavy atom. The molecule has 0 bridgehead atoms. The molecule has 210 valence electrons. The molecule has 0 fully saturated rings. The second kappa shape index (κ2) is 9.14. The average molecular weight is 567 g/mol. The van der Waals surface area contributed by atoms with Crippen molar-refractivity contribution in [3.8, 4) is 17.2 Å². The van der Waals surface area contributed by atoms with Crippen molar-refractivity contribution in [2.24, 2.45) is 0 Å². The summed E-state index contributed by atoms with van der Waals surface area (Å²) in [6.07, 6.45) is 0. The van der Waals surface area contributed by atoms with Gasteiger partial charge in [0, 0.05) is 33.9 Å². The highest BCUT2D eigenvalue weighted by atomic mass is 16.5. The van der Waals surface area contributed by atoms with Gasteiger partial charge in [-0.15, -0.1) is 0 Å². The molecule has 44 heavy (non-hydrogen) atoms. The van der Waals surface area contributed by atoms with Crippen molar-refractivity contribution in [1.82, 2.24) is 4.57 Å². The minimum atomic E-state index is 0.0786. The standard InChI is InChI=1S/C40H31BN2O/c1-24-17-25(2)20-28(19-24)43-35-21-26(3)18-27(4)39(35)41-32-13-7-10-16-37(32)44-38-23-29(22-36(43)40(38)41)42-33-14-8-5-11-30(33)31-12-6-9-15-34(31)42/h5-23H,1-4H3. The fraction of sp³-hybridized carbons (Fsp3) is 0.100. The van der Waals surface area contributed by atoms with Gasteiger partial charge in [0.25, 0.3) is 6.71 Å². The minimum absolute atomic E-state index is 0.0786. The summed E-state index contributed by atoms with van der Waals surface area (Å²) >= 11 is 0. The van der Waals surface area contributed by atoms with Gasteiger partial charge < -0.3 is 14.2 Å². The van der Waals surface area contributed by atoms with Gasteiger partial charge in [-0.05, 0) is 103 Å². The van der Waals surface area contributed by atoms with E-state index in [9.17, 15) is 0 Å². The summed E-state index contributed by atoms with van der Waals surface area (Å²) in [5.74, 6) is 1.85. The third kappa shape index (κ3) is 3.51. The Morgan fingerprint density at radius 1 is 0.523 bits per heavy atom. The van der Waals surface area contributed by atoms with Crippen LogP contribution in [0, 0.1) is 27.7 Å². The first-order valence-electron chi connectivity index (χ1n) is 15.4. The molecule has 4 heteroatoms.